The Morgan fingerprint density at radius 3 is 2.50 bits per heavy atom. The summed E-state index contributed by atoms with van der Waals surface area (Å²) in [6.07, 6.45) is 12.1. The molecule has 0 unspecified atom stereocenters. The molecule has 0 saturated heterocycles. The van der Waals surface area contributed by atoms with Gasteiger partial charge >= 0.3 is 0 Å². The Kier molecular flexibility index (Phi) is 5.48. The summed E-state index contributed by atoms with van der Waals surface area (Å²) in [5.41, 5.74) is 5.99. The first-order valence-corrected chi connectivity index (χ1v) is 7.78. The molecule has 2 saturated carbocycles. The SMILES string of the molecule is N[C@@H]1CCC[C@H]1CC(=O)NCCC1CCCCC1. The average Bonchev–Trinajstić information content (AvgIpc) is 2.76. The molecule has 104 valence electrons. The zero-order valence-electron chi connectivity index (χ0n) is 11.5. The van der Waals surface area contributed by atoms with Gasteiger partial charge in [0.2, 0.25) is 5.91 Å². The summed E-state index contributed by atoms with van der Waals surface area (Å²) in [4.78, 5) is 11.8. The third-order valence-corrected chi connectivity index (χ3v) is 4.76. The molecule has 0 heterocycles. The molecule has 2 aliphatic carbocycles. The summed E-state index contributed by atoms with van der Waals surface area (Å²) >= 11 is 0. The van der Waals surface area contributed by atoms with E-state index >= 15 is 0 Å². The number of rotatable bonds is 5. The highest BCUT2D eigenvalue weighted by Gasteiger charge is 2.25. The summed E-state index contributed by atoms with van der Waals surface area (Å²) in [7, 11) is 0. The second-order valence-electron chi connectivity index (χ2n) is 6.20. The minimum atomic E-state index is 0.216. The Bertz CT molecular complexity index is 261. The van der Waals surface area contributed by atoms with Gasteiger partial charge in [0.1, 0.15) is 0 Å². The normalized spacial score (nSPS) is 29.4. The van der Waals surface area contributed by atoms with Crippen LogP contribution in [0.25, 0.3) is 0 Å². The minimum absolute atomic E-state index is 0.216. The molecule has 0 aromatic carbocycles. The van der Waals surface area contributed by atoms with E-state index in [0.717, 1.165) is 25.3 Å². The number of carbonyl (C=O) groups excluding carboxylic acids is 1. The van der Waals surface area contributed by atoms with Crippen LogP contribution in [0, 0.1) is 11.8 Å². The van der Waals surface area contributed by atoms with Crippen molar-refractivity contribution in [3.63, 3.8) is 0 Å². The number of amides is 1. The van der Waals surface area contributed by atoms with Crippen molar-refractivity contribution in [3.8, 4) is 0 Å². The second kappa shape index (κ2) is 7.13. The summed E-state index contributed by atoms with van der Waals surface area (Å²) < 4.78 is 0. The Labute approximate surface area is 111 Å². The van der Waals surface area contributed by atoms with Crippen molar-refractivity contribution in [2.75, 3.05) is 6.54 Å². The van der Waals surface area contributed by atoms with Crippen LogP contribution in [0.4, 0.5) is 0 Å². The van der Waals surface area contributed by atoms with Crippen LogP contribution >= 0.6 is 0 Å². The van der Waals surface area contributed by atoms with Crippen LogP contribution in [-0.2, 0) is 4.79 Å². The number of hydrogen-bond acceptors (Lipinski definition) is 2. The Morgan fingerprint density at radius 2 is 1.83 bits per heavy atom. The molecular formula is C15H28N2O. The van der Waals surface area contributed by atoms with Crippen LogP contribution in [0.15, 0.2) is 0 Å². The fraction of sp³-hybridized carbons (Fsp3) is 0.933. The van der Waals surface area contributed by atoms with Crippen molar-refractivity contribution in [1.82, 2.24) is 5.32 Å². The molecule has 2 aliphatic rings. The summed E-state index contributed by atoms with van der Waals surface area (Å²) in [6, 6.07) is 0.258. The van der Waals surface area contributed by atoms with Crippen LogP contribution in [0.5, 0.6) is 0 Å². The van der Waals surface area contributed by atoms with Gasteiger partial charge in [-0.25, -0.2) is 0 Å². The lowest BCUT2D eigenvalue weighted by Gasteiger charge is -2.21. The van der Waals surface area contributed by atoms with Crippen molar-refractivity contribution >= 4 is 5.91 Å². The molecule has 3 nitrogen and oxygen atoms in total. The van der Waals surface area contributed by atoms with Crippen LogP contribution in [-0.4, -0.2) is 18.5 Å². The van der Waals surface area contributed by atoms with E-state index in [1.54, 1.807) is 0 Å². The van der Waals surface area contributed by atoms with Gasteiger partial charge in [-0.1, -0.05) is 38.5 Å². The zero-order valence-corrected chi connectivity index (χ0v) is 11.5. The molecule has 0 spiro atoms. The highest BCUT2D eigenvalue weighted by atomic mass is 16.1. The summed E-state index contributed by atoms with van der Waals surface area (Å²) in [6.45, 7) is 0.867. The lowest BCUT2D eigenvalue weighted by atomic mass is 9.87. The fourth-order valence-corrected chi connectivity index (χ4v) is 3.52. The van der Waals surface area contributed by atoms with Gasteiger partial charge in [0.15, 0.2) is 0 Å². The zero-order chi connectivity index (χ0) is 12.8. The molecule has 0 bridgehead atoms. The molecule has 0 aromatic rings. The van der Waals surface area contributed by atoms with E-state index in [4.69, 9.17) is 5.73 Å². The van der Waals surface area contributed by atoms with Crippen molar-refractivity contribution in [3.05, 3.63) is 0 Å². The van der Waals surface area contributed by atoms with E-state index in [1.165, 1.54) is 44.9 Å². The standard InChI is InChI=1S/C15H28N2O/c16-14-8-4-7-13(14)11-15(18)17-10-9-12-5-2-1-3-6-12/h12-14H,1-11,16H2,(H,17,18)/t13-,14+/m0/s1. The molecular weight excluding hydrogens is 224 g/mol. The minimum Gasteiger partial charge on any atom is -0.356 e. The molecule has 2 fully saturated rings. The van der Waals surface area contributed by atoms with Gasteiger partial charge in [0.05, 0.1) is 0 Å². The Morgan fingerprint density at radius 1 is 1.06 bits per heavy atom. The van der Waals surface area contributed by atoms with Crippen LogP contribution in [0.2, 0.25) is 0 Å². The quantitative estimate of drug-likeness (QED) is 0.790. The van der Waals surface area contributed by atoms with Crippen LogP contribution in [0.1, 0.15) is 64.2 Å². The maximum Gasteiger partial charge on any atom is 0.220 e. The van der Waals surface area contributed by atoms with Gasteiger partial charge in [-0.3, -0.25) is 4.79 Å². The predicted molar refractivity (Wildman–Crippen MR) is 74.1 cm³/mol. The van der Waals surface area contributed by atoms with Gasteiger partial charge in [-0.15, -0.1) is 0 Å². The second-order valence-corrected chi connectivity index (χ2v) is 6.20. The van der Waals surface area contributed by atoms with Crippen molar-refractivity contribution in [1.29, 1.82) is 0 Å². The number of nitrogens with one attached hydrogen (secondary N) is 1. The van der Waals surface area contributed by atoms with Gasteiger partial charge in [0, 0.05) is 19.0 Å². The van der Waals surface area contributed by atoms with E-state index in [2.05, 4.69) is 5.32 Å². The molecule has 3 N–H and O–H groups in total. The van der Waals surface area contributed by atoms with Crippen LogP contribution in [0.3, 0.4) is 0 Å². The molecule has 0 aromatic heterocycles. The van der Waals surface area contributed by atoms with Crippen molar-refractivity contribution < 1.29 is 4.79 Å². The highest BCUT2D eigenvalue weighted by Crippen LogP contribution is 2.27. The Balaban J connectivity index is 1.56. The molecule has 1 amide bonds. The molecule has 2 atom stereocenters. The van der Waals surface area contributed by atoms with E-state index in [0.29, 0.717) is 12.3 Å². The third-order valence-electron chi connectivity index (χ3n) is 4.76. The maximum absolute atomic E-state index is 11.8. The molecule has 18 heavy (non-hydrogen) atoms. The lowest BCUT2D eigenvalue weighted by Crippen LogP contribution is -2.32. The highest BCUT2D eigenvalue weighted by molar-refractivity contribution is 5.76. The Hall–Kier alpha value is -0.570. The predicted octanol–water partition coefficient (Wildman–Crippen LogP) is 2.59. The molecule has 3 heteroatoms. The topological polar surface area (TPSA) is 55.1 Å². The van der Waals surface area contributed by atoms with Gasteiger partial charge < -0.3 is 11.1 Å². The average molecular weight is 252 g/mol. The van der Waals surface area contributed by atoms with E-state index in [9.17, 15) is 4.79 Å². The van der Waals surface area contributed by atoms with Crippen molar-refractivity contribution in [2.45, 2.75) is 70.3 Å². The lowest BCUT2D eigenvalue weighted by molar-refractivity contribution is -0.122. The van der Waals surface area contributed by atoms with E-state index in [-0.39, 0.29) is 11.9 Å². The summed E-state index contributed by atoms with van der Waals surface area (Å²) in [5, 5.41) is 3.08. The van der Waals surface area contributed by atoms with Crippen molar-refractivity contribution in [2.24, 2.45) is 17.6 Å². The van der Waals surface area contributed by atoms with Gasteiger partial charge in [0.25, 0.3) is 0 Å². The summed E-state index contributed by atoms with van der Waals surface area (Å²) in [5.74, 6) is 1.50. The third kappa shape index (κ3) is 4.27. The first-order valence-electron chi connectivity index (χ1n) is 7.78. The van der Waals surface area contributed by atoms with Gasteiger partial charge in [-0.2, -0.15) is 0 Å². The fourth-order valence-electron chi connectivity index (χ4n) is 3.52. The molecule has 0 aliphatic heterocycles. The largest absolute Gasteiger partial charge is 0.356 e. The number of carbonyl (C=O) groups is 1. The molecule has 2 rings (SSSR count). The van der Waals surface area contributed by atoms with Crippen LogP contribution < -0.4 is 11.1 Å². The first-order chi connectivity index (χ1) is 8.75. The maximum atomic E-state index is 11.8. The monoisotopic (exact) mass is 252 g/mol. The van der Waals surface area contributed by atoms with E-state index < -0.39 is 0 Å². The smallest absolute Gasteiger partial charge is 0.220 e. The van der Waals surface area contributed by atoms with E-state index in [1.807, 2.05) is 0 Å². The number of hydrogen-bond donors (Lipinski definition) is 2. The molecule has 0 radical (unpaired) electrons. The number of nitrogens with two attached hydrogens (primary N) is 1. The van der Waals surface area contributed by atoms with Gasteiger partial charge in [-0.05, 0) is 31.1 Å². The first kappa shape index (κ1) is 13.9.